The molecule has 2 unspecified atom stereocenters. The molecular formula is C27H28FNO. The van der Waals surface area contributed by atoms with Gasteiger partial charge in [-0.15, -0.1) is 0 Å². The smallest absolute Gasteiger partial charge is 0.247 e. The zero-order valence-corrected chi connectivity index (χ0v) is 17.8. The van der Waals surface area contributed by atoms with Crippen LogP contribution in [0.4, 0.5) is 4.39 Å². The average molecular weight is 402 g/mol. The van der Waals surface area contributed by atoms with Crippen LogP contribution in [0.3, 0.4) is 0 Å². The molecule has 0 heterocycles. The van der Waals surface area contributed by atoms with Crippen molar-refractivity contribution in [3.8, 4) is 11.8 Å². The van der Waals surface area contributed by atoms with Crippen molar-refractivity contribution < 1.29 is 9.18 Å². The number of carbonyl (C=O) groups is 1. The molecule has 1 N–H and O–H groups in total. The van der Waals surface area contributed by atoms with Crippen molar-refractivity contribution in [2.45, 2.75) is 33.2 Å². The number of nitrogens with one attached hydrogen (secondary N) is 1. The molecule has 0 saturated carbocycles. The van der Waals surface area contributed by atoms with Crippen molar-refractivity contribution >= 4 is 5.91 Å². The first kappa shape index (κ1) is 22.9. The molecule has 2 nitrogen and oxygen atoms in total. The highest BCUT2D eigenvalue weighted by Crippen LogP contribution is 2.18. The van der Waals surface area contributed by atoms with Gasteiger partial charge in [0.1, 0.15) is 5.82 Å². The van der Waals surface area contributed by atoms with Crippen LogP contribution in [0.25, 0.3) is 0 Å². The topological polar surface area (TPSA) is 29.1 Å². The minimum Gasteiger partial charge on any atom is -0.346 e. The van der Waals surface area contributed by atoms with Gasteiger partial charge in [-0.2, -0.15) is 0 Å². The van der Waals surface area contributed by atoms with Gasteiger partial charge in [0.2, 0.25) is 5.91 Å². The van der Waals surface area contributed by atoms with Crippen molar-refractivity contribution in [2.75, 3.05) is 0 Å². The van der Waals surface area contributed by atoms with Crippen molar-refractivity contribution in [3.05, 3.63) is 107 Å². The normalized spacial score (nSPS) is 13.6. The summed E-state index contributed by atoms with van der Waals surface area (Å²) in [7, 11) is 0. The summed E-state index contributed by atoms with van der Waals surface area (Å²) in [5.74, 6) is 5.57. The highest BCUT2D eigenvalue weighted by molar-refractivity contribution is 5.94. The van der Waals surface area contributed by atoms with Gasteiger partial charge in [0.15, 0.2) is 0 Å². The summed E-state index contributed by atoms with van der Waals surface area (Å²) in [6.07, 6.45) is 6.05. The summed E-state index contributed by atoms with van der Waals surface area (Å²) in [6.45, 7) is 9.84. The van der Waals surface area contributed by atoms with Gasteiger partial charge in [-0.1, -0.05) is 80.8 Å². The zero-order chi connectivity index (χ0) is 21.9. The molecule has 2 aromatic carbocycles. The first-order chi connectivity index (χ1) is 14.4. The largest absolute Gasteiger partial charge is 0.346 e. The van der Waals surface area contributed by atoms with E-state index in [4.69, 9.17) is 0 Å². The molecule has 2 rings (SSSR count). The average Bonchev–Trinajstić information content (AvgIpc) is 2.76. The van der Waals surface area contributed by atoms with E-state index >= 15 is 0 Å². The molecule has 2 atom stereocenters. The third-order valence-corrected chi connectivity index (χ3v) is 4.89. The molecule has 0 spiro atoms. The standard InChI is InChI=1S/C27H28FNO/c1-5-20(3)26(27(30)29-21(4)24-12-8-7-9-13-24)18-17-22(6-2)15-16-23-11-10-14-25(28)19-23/h6-14,17-21H,2,5H2,1,3-4H3,(H,29,30). The van der Waals surface area contributed by atoms with Gasteiger partial charge in [-0.3, -0.25) is 4.79 Å². The summed E-state index contributed by atoms with van der Waals surface area (Å²) >= 11 is 0. The van der Waals surface area contributed by atoms with E-state index < -0.39 is 0 Å². The van der Waals surface area contributed by atoms with Crippen LogP contribution in [0.2, 0.25) is 0 Å². The van der Waals surface area contributed by atoms with Crippen molar-refractivity contribution in [3.63, 3.8) is 0 Å². The lowest BCUT2D eigenvalue weighted by atomic mass is 9.96. The molecule has 0 radical (unpaired) electrons. The van der Waals surface area contributed by atoms with E-state index in [9.17, 15) is 9.18 Å². The Morgan fingerprint density at radius 3 is 2.50 bits per heavy atom. The van der Waals surface area contributed by atoms with Gasteiger partial charge in [-0.05, 0) is 49.1 Å². The van der Waals surface area contributed by atoms with Crippen LogP contribution in [0.1, 0.15) is 44.4 Å². The molecule has 0 fully saturated rings. The molecule has 0 aromatic heterocycles. The number of carbonyl (C=O) groups excluding carboxylic acids is 1. The van der Waals surface area contributed by atoms with E-state index in [1.54, 1.807) is 30.4 Å². The molecule has 1 amide bonds. The second-order valence-electron chi connectivity index (χ2n) is 7.12. The number of benzene rings is 2. The Morgan fingerprint density at radius 1 is 1.13 bits per heavy atom. The first-order valence-corrected chi connectivity index (χ1v) is 10.1. The number of hydrogen-bond acceptors (Lipinski definition) is 1. The molecule has 3 heteroatoms. The molecule has 0 saturated heterocycles. The minimum atomic E-state index is -0.325. The molecule has 0 aliphatic heterocycles. The first-order valence-electron chi connectivity index (χ1n) is 10.1. The molecule has 2 aromatic rings. The quantitative estimate of drug-likeness (QED) is 0.337. The van der Waals surface area contributed by atoms with Crippen LogP contribution in [-0.4, -0.2) is 5.91 Å². The second-order valence-corrected chi connectivity index (χ2v) is 7.12. The van der Waals surface area contributed by atoms with Gasteiger partial charge < -0.3 is 5.32 Å². The van der Waals surface area contributed by atoms with Crippen LogP contribution >= 0.6 is 0 Å². The maximum atomic E-state index is 13.3. The lowest BCUT2D eigenvalue weighted by molar-refractivity contribution is -0.118. The highest BCUT2D eigenvalue weighted by Gasteiger charge is 2.17. The Kier molecular flexibility index (Phi) is 8.84. The molecule has 30 heavy (non-hydrogen) atoms. The van der Waals surface area contributed by atoms with E-state index in [1.807, 2.05) is 51.1 Å². The van der Waals surface area contributed by atoms with E-state index in [2.05, 4.69) is 23.7 Å². The third-order valence-electron chi connectivity index (χ3n) is 4.89. The zero-order valence-electron chi connectivity index (χ0n) is 17.8. The number of rotatable bonds is 7. The van der Waals surface area contributed by atoms with Crippen molar-refractivity contribution in [2.24, 2.45) is 5.92 Å². The molecule has 154 valence electrons. The van der Waals surface area contributed by atoms with Crippen molar-refractivity contribution in [1.29, 1.82) is 0 Å². The number of allylic oxidation sites excluding steroid dienone is 4. The highest BCUT2D eigenvalue weighted by atomic mass is 19.1. The second kappa shape index (κ2) is 11.6. The summed E-state index contributed by atoms with van der Waals surface area (Å²) < 4.78 is 13.3. The van der Waals surface area contributed by atoms with E-state index in [1.165, 1.54) is 12.1 Å². The fourth-order valence-electron chi connectivity index (χ4n) is 2.84. The van der Waals surface area contributed by atoms with Crippen LogP contribution in [0.15, 0.2) is 90.6 Å². The van der Waals surface area contributed by atoms with E-state index in [-0.39, 0.29) is 23.7 Å². The van der Waals surface area contributed by atoms with Gasteiger partial charge in [0, 0.05) is 16.7 Å². The Bertz CT molecular complexity index is 992. The van der Waals surface area contributed by atoms with Gasteiger partial charge in [0.05, 0.1) is 6.04 Å². The Hall–Kier alpha value is -3.38. The van der Waals surface area contributed by atoms with E-state index in [0.717, 1.165) is 12.0 Å². The van der Waals surface area contributed by atoms with Crippen LogP contribution in [-0.2, 0) is 4.79 Å². The van der Waals surface area contributed by atoms with E-state index in [0.29, 0.717) is 16.7 Å². The van der Waals surface area contributed by atoms with Crippen molar-refractivity contribution in [1.82, 2.24) is 5.32 Å². The Morgan fingerprint density at radius 2 is 1.87 bits per heavy atom. The molecular weight excluding hydrogens is 373 g/mol. The van der Waals surface area contributed by atoms with Gasteiger partial charge in [-0.25, -0.2) is 4.39 Å². The maximum Gasteiger partial charge on any atom is 0.247 e. The number of amides is 1. The van der Waals surface area contributed by atoms with Gasteiger partial charge >= 0.3 is 0 Å². The summed E-state index contributed by atoms with van der Waals surface area (Å²) in [4.78, 5) is 12.9. The number of halogens is 1. The summed E-state index contributed by atoms with van der Waals surface area (Å²) in [5.41, 5.74) is 2.98. The third kappa shape index (κ3) is 6.90. The number of hydrogen-bond donors (Lipinski definition) is 1. The monoisotopic (exact) mass is 401 g/mol. The lowest BCUT2D eigenvalue weighted by Gasteiger charge is -2.18. The fraction of sp³-hybridized carbons (Fsp3) is 0.222. The predicted molar refractivity (Wildman–Crippen MR) is 122 cm³/mol. The molecule has 0 aliphatic carbocycles. The maximum absolute atomic E-state index is 13.3. The Labute approximate surface area is 179 Å². The molecule has 0 bridgehead atoms. The van der Waals surface area contributed by atoms with Crippen LogP contribution in [0, 0.1) is 23.6 Å². The summed E-state index contributed by atoms with van der Waals surface area (Å²) in [5, 5.41) is 3.08. The minimum absolute atomic E-state index is 0.0893. The molecule has 0 aliphatic rings. The SMILES string of the molecule is C=CC(C#Cc1cccc(F)c1)=CC=C(C(=O)NC(C)c1ccccc1)C(C)CC. The Balaban J connectivity index is 2.24. The lowest BCUT2D eigenvalue weighted by Crippen LogP contribution is -2.30. The fourth-order valence-corrected chi connectivity index (χ4v) is 2.84. The van der Waals surface area contributed by atoms with Crippen LogP contribution < -0.4 is 5.32 Å². The predicted octanol–water partition coefficient (Wildman–Crippen LogP) is 6.14. The van der Waals surface area contributed by atoms with Gasteiger partial charge in [0.25, 0.3) is 0 Å². The van der Waals surface area contributed by atoms with Crippen LogP contribution in [0.5, 0.6) is 0 Å². The summed E-state index contributed by atoms with van der Waals surface area (Å²) in [6, 6.07) is 15.9.